The summed E-state index contributed by atoms with van der Waals surface area (Å²) in [5, 5.41) is 14.4. The molecule has 3 aromatic heterocycles. The molecular formula is C20H27N9. The molecule has 0 aromatic carbocycles. The Balaban J connectivity index is 1.28. The molecule has 0 N–H and O–H groups in total. The van der Waals surface area contributed by atoms with Gasteiger partial charge in [-0.05, 0) is 38.3 Å². The van der Waals surface area contributed by atoms with Crippen molar-refractivity contribution in [2.75, 3.05) is 54.0 Å². The van der Waals surface area contributed by atoms with E-state index in [2.05, 4.69) is 47.1 Å². The highest BCUT2D eigenvalue weighted by Crippen LogP contribution is 2.26. The lowest BCUT2D eigenvalue weighted by molar-refractivity contribution is 0.570. The highest BCUT2D eigenvalue weighted by Gasteiger charge is 2.23. The van der Waals surface area contributed by atoms with Gasteiger partial charge in [-0.3, -0.25) is 4.68 Å². The second-order valence-electron chi connectivity index (χ2n) is 7.87. The number of piperidine rings is 1. The molecule has 152 valence electrons. The van der Waals surface area contributed by atoms with Crippen LogP contribution in [0.4, 0.5) is 17.5 Å². The van der Waals surface area contributed by atoms with Gasteiger partial charge in [-0.1, -0.05) is 0 Å². The van der Waals surface area contributed by atoms with E-state index in [1.807, 2.05) is 24.9 Å². The van der Waals surface area contributed by atoms with Crippen molar-refractivity contribution in [1.29, 1.82) is 0 Å². The van der Waals surface area contributed by atoms with Gasteiger partial charge in [-0.15, -0.1) is 10.2 Å². The van der Waals surface area contributed by atoms with Crippen LogP contribution in [-0.4, -0.2) is 69.2 Å². The summed E-state index contributed by atoms with van der Waals surface area (Å²) in [4.78, 5) is 16.2. The summed E-state index contributed by atoms with van der Waals surface area (Å²) in [6.45, 7) is 7.67. The molecule has 29 heavy (non-hydrogen) atoms. The molecule has 2 saturated heterocycles. The quantitative estimate of drug-likeness (QED) is 0.666. The number of aryl methyl sites for hydroxylation is 2. The fourth-order valence-corrected chi connectivity index (χ4v) is 4.28. The van der Waals surface area contributed by atoms with Gasteiger partial charge >= 0.3 is 0 Å². The Morgan fingerprint density at radius 2 is 1.38 bits per heavy atom. The highest BCUT2D eigenvalue weighted by atomic mass is 15.4. The summed E-state index contributed by atoms with van der Waals surface area (Å²) in [6, 6.07) is 4.23. The number of nitrogens with zero attached hydrogens (tertiary/aromatic N) is 9. The maximum atomic E-state index is 4.71. The number of aromatic nitrogens is 6. The summed E-state index contributed by atoms with van der Waals surface area (Å²) in [6.07, 6.45) is 5.68. The van der Waals surface area contributed by atoms with Gasteiger partial charge in [0.2, 0.25) is 0 Å². The second-order valence-corrected chi connectivity index (χ2v) is 7.87. The van der Waals surface area contributed by atoms with E-state index >= 15 is 0 Å². The zero-order chi connectivity index (χ0) is 19.8. The van der Waals surface area contributed by atoms with E-state index in [1.54, 1.807) is 0 Å². The van der Waals surface area contributed by atoms with E-state index in [9.17, 15) is 0 Å². The van der Waals surface area contributed by atoms with Gasteiger partial charge in [0.05, 0.1) is 11.6 Å². The largest absolute Gasteiger partial charge is 0.355 e. The third-order valence-corrected chi connectivity index (χ3v) is 5.90. The van der Waals surface area contributed by atoms with Crippen LogP contribution in [0.1, 0.15) is 25.1 Å². The fraction of sp³-hybridized carbons (Fsp3) is 0.550. The summed E-state index contributed by atoms with van der Waals surface area (Å²) >= 11 is 0. The zero-order valence-corrected chi connectivity index (χ0v) is 17.1. The van der Waals surface area contributed by atoms with Crippen LogP contribution in [0.2, 0.25) is 0 Å². The van der Waals surface area contributed by atoms with E-state index in [0.717, 1.165) is 73.6 Å². The summed E-state index contributed by atoms with van der Waals surface area (Å²) in [7, 11) is 1.92. The van der Waals surface area contributed by atoms with E-state index in [1.165, 1.54) is 19.3 Å². The third kappa shape index (κ3) is 3.45. The molecule has 0 spiro atoms. The Bertz CT molecular complexity index is 983. The lowest BCUT2D eigenvalue weighted by Crippen LogP contribution is -2.47. The molecular weight excluding hydrogens is 366 g/mol. The van der Waals surface area contributed by atoms with Crippen LogP contribution in [0.3, 0.4) is 0 Å². The number of hydrogen-bond acceptors (Lipinski definition) is 8. The second kappa shape index (κ2) is 7.46. The van der Waals surface area contributed by atoms with Gasteiger partial charge in [0.15, 0.2) is 17.3 Å². The van der Waals surface area contributed by atoms with Gasteiger partial charge in [-0.25, -0.2) is 9.97 Å². The number of rotatable bonds is 3. The van der Waals surface area contributed by atoms with Gasteiger partial charge in [0.1, 0.15) is 11.6 Å². The van der Waals surface area contributed by atoms with Crippen molar-refractivity contribution in [3.05, 3.63) is 24.2 Å². The molecule has 0 amide bonds. The Labute approximate surface area is 170 Å². The topological polar surface area (TPSA) is 79.1 Å². The molecule has 5 heterocycles. The minimum Gasteiger partial charge on any atom is -0.355 e. The predicted molar refractivity (Wildman–Crippen MR) is 114 cm³/mol. The molecule has 0 atom stereocenters. The van der Waals surface area contributed by atoms with Crippen molar-refractivity contribution >= 4 is 28.5 Å². The van der Waals surface area contributed by atoms with Crippen LogP contribution in [0, 0.1) is 6.92 Å². The summed E-state index contributed by atoms with van der Waals surface area (Å²) in [5.41, 5.74) is 0.883. The Hall–Kier alpha value is -2.97. The number of fused-ring (bicyclic) bond motifs is 1. The molecule has 0 saturated carbocycles. The normalized spacial score (nSPS) is 17.9. The lowest BCUT2D eigenvalue weighted by Gasteiger charge is -2.36. The standard InChI is InChI=1S/C20H27N9/c1-15-22-19-16(14-21-26(19)2)20(23-15)29-12-10-28(11-13-29)18-7-6-17(24-25-18)27-8-4-3-5-9-27/h6-7,14H,3-5,8-13H2,1-2H3. The monoisotopic (exact) mass is 393 g/mol. The molecule has 0 bridgehead atoms. The van der Waals surface area contributed by atoms with Crippen LogP contribution in [0.5, 0.6) is 0 Å². The maximum Gasteiger partial charge on any atom is 0.163 e. The van der Waals surface area contributed by atoms with E-state index in [-0.39, 0.29) is 0 Å². The number of piperazine rings is 1. The minimum absolute atomic E-state index is 0.776. The van der Waals surface area contributed by atoms with Crippen LogP contribution < -0.4 is 14.7 Å². The predicted octanol–water partition coefficient (Wildman–Crippen LogP) is 1.78. The molecule has 2 fully saturated rings. The van der Waals surface area contributed by atoms with Crippen molar-refractivity contribution < 1.29 is 0 Å². The van der Waals surface area contributed by atoms with E-state index in [0.29, 0.717) is 0 Å². The first kappa shape index (κ1) is 18.1. The number of hydrogen-bond donors (Lipinski definition) is 0. The molecule has 0 unspecified atom stereocenters. The first-order valence-electron chi connectivity index (χ1n) is 10.4. The van der Waals surface area contributed by atoms with Crippen molar-refractivity contribution in [2.24, 2.45) is 7.05 Å². The summed E-state index contributed by atoms with van der Waals surface area (Å²) < 4.78 is 1.81. The van der Waals surface area contributed by atoms with E-state index < -0.39 is 0 Å². The highest BCUT2D eigenvalue weighted by molar-refractivity contribution is 5.87. The molecule has 9 heteroatoms. The molecule has 2 aliphatic rings. The van der Waals surface area contributed by atoms with Crippen LogP contribution in [0.15, 0.2) is 18.3 Å². The molecule has 2 aliphatic heterocycles. The lowest BCUT2D eigenvalue weighted by atomic mass is 10.1. The van der Waals surface area contributed by atoms with Crippen LogP contribution >= 0.6 is 0 Å². The van der Waals surface area contributed by atoms with Crippen LogP contribution in [0.25, 0.3) is 11.0 Å². The maximum absolute atomic E-state index is 4.71. The molecule has 5 rings (SSSR count). The smallest absolute Gasteiger partial charge is 0.163 e. The minimum atomic E-state index is 0.776. The van der Waals surface area contributed by atoms with Gasteiger partial charge in [-0.2, -0.15) is 5.10 Å². The third-order valence-electron chi connectivity index (χ3n) is 5.90. The molecule has 0 aliphatic carbocycles. The fourth-order valence-electron chi connectivity index (χ4n) is 4.28. The summed E-state index contributed by atoms with van der Waals surface area (Å²) in [5.74, 6) is 3.71. The van der Waals surface area contributed by atoms with Gasteiger partial charge in [0, 0.05) is 46.3 Å². The van der Waals surface area contributed by atoms with Crippen molar-refractivity contribution in [3.8, 4) is 0 Å². The van der Waals surface area contributed by atoms with Crippen LogP contribution in [-0.2, 0) is 7.05 Å². The van der Waals surface area contributed by atoms with Crippen molar-refractivity contribution in [2.45, 2.75) is 26.2 Å². The Morgan fingerprint density at radius 3 is 2.03 bits per heavy atom. The van der Waals surface area contributed by atoms with Gasteiger partial charge < -0.3 is 14.7 Å². The Morgan fingerprint density at radius 1 is 0.759 bits per heavy atom. The number of anilines is 3. The Kier molecular flexibility index (Phi) is 4.65. The first-order valence-corrected chi connectivity index (χ1v) is 10.4. The molecule has 9 nitrogen and oxygen atoms in total. The average molecular weight is 393 g/mol. The first-order chi connectivity index (χ1) is 14.2. The van der Waals surface area contributed by atoms with Gasteiger partial charge in [0.25, 0.3) is 0 Å². The van der Waals surface area contributed by atoms with Crippen molar-refractivity contribution in [3.63, 3.8) is 0 Å². The molecule has 0 radical (unpaired) electrons. The SMILES string of the molecule is Cc1nc(N2CCN(c3ccc(N4CCCCC4)nn3)CC2)c2cnn(C)c2n1. The zero-order valence-electron chi connectivity index (χ0n) is 17.1. The molecule has 3 aromatic rings. The average Bonchev–Trinajstić information content (AvgIpc) is 3.15. The van der Waals surface area contributed by atoms with Crippen molar-refractivity contribution in [1.82, 2.24) is 29.9 Å². The van der Waals surface area contributed by atoms with E-state index in [4.69, 9.17) is 4.98 Å².